The first-order chi connectivity index (χ1) is 11.4. The molecule has 0 saturated heterocycles. The number of aromatic nitrogens is 1. The predicted octanol–water partition coefficient (Wildman–Crippen LogP) is 5.36. The standard InChI is InChI=1S/C21H16NS/c1-4-10-17(11-5-1)20-16-22(19-14-8-3-9-15-19)21(23-20)18-12-6-2-7-13-18/h1-16H/q+1. The van der Waals surface area contributed by atoms with E-state index in [-0.39, 0.29) is 0 Å². The second-order valence-corrected chi connectivity index (χ2v) is 6.37. The molecular formula is C21H16NS+. The Morgan fingerprint density at radius 2 is 1.09 bits per heavy atom. The molecular weight excluding hydrogens is 298 g/mol. The SMILES string of the molecule is c1ccc(-c2c[n+](-c3ccccc3)c(-c3ccccc3)s2)cc1. The highest BCUT2D eigenvalue weighted by Crippen LogP contribution is 2.31. The fourth-order valence-electron chi connectivity index (χ4n) is 2.65. The van der Waals surface area contributed by atoms with Gasteiger partial charge in [0.15, 0.2) is 6.20 Å². The van der Waals surface area contributed by atoms with Gasteiger partial charge >= 0.3 is 0 Å². The number of nitrogens with zero attached hydrogens (tertiary/aromatic N) is 1. The summed E-state index contributed by atoms with van der Waals surface area (Å²) in [6.45, 7) is 0. The highest BCUT2D eigenvalue weighted by Gasteiger charge is 2.21. The van der Waals surface area contributed by atoms with E-state index in [0.717, 1.165) is 0 Å². The summed E-state index contributed by atoms with van der Waals surface area (Å²) in [6.07, 6.45) is 2.23. The summed E-state index contributed by atoms with van der Waals surface area (Å²) < 4.78 is 2.28. The van der Waals surface area contributed by atoms with Gasteiger partial charge in [0.05, 0.1) is 5.56 Å². The van der Waals surface area contributed by atoms with Crippen LogP contribution in [0.1, 0.15) is 0 Å². The Labute approximate surface area is 140 Å². The van der Waals surface area contributed by atoms with Crippen molar-refractivity contribution in [1.29, 1.82) is 0 Å². The van der Waals surface area contributed by atoms with Crippen LogP contribution >= 0.6 is 11.3 Å². The van der Waals surface area contributed by atoms with Crippen LogP contribution in [0.2, 0.25) is 0 Å². The Kier molecular flexibility index (Phi) is 3.75. The largest absolute Gasteiger partial charge is 0.275 e. The molecule has 0 radical (unpaired) electrons. The summed E-state index contributed by atoms with van der Waals surface area (Å²) in [4.78, 5) is 1.27. The van der Waals surface area contributed by atoms with E-state index >= 15 is 0 Å². The number of rotatable bonds is 3. The van der Waals surface area contributed by atoms with E-state index in [2.05, 4.69) is 102 Å². The van der Waals surface area contributed by atoms with Crippen molar-refractivity contribution in [3.63, 3.8) is 0 Å². The van der Waals surface area contributed by atoms with Crippen molar-refractivity contribution in [2.75, 3.05) is 0 Å². The quantitative estimate of drug-likeness (QED) is 0.448. The van der Waals surface area contributed by atoms with Crippen LogP contribution in [0.4, 0.5) is 0 Å². The van der Waals surface area contributed by atoms with Crippen molar-refractivity contribution >= 4 is 11.3 Å². The Morgan fingerprint density at radius 3 is 1.70 bits per heavy atom. The van der Waals surface area contributed by atoms with Gasteiger partial charge in [-0.1, -0.05) is 78.1 Å². The summed E-state index contributed by atoms with van der Waals surface area (Å²) in [5.74, 6) is 0. The molecule has 0 aliphatic heterocycles. The van der Waals surface area contributed by atoms with Crippen LogP contribution in [0.15, 0.2) is 97.2 Å². The third-order valence-electron chi connectivity index (χ3n) is 3.79. The lowest BCUT2D eigenvalue weighted by atomic mass is 10.2. The molecule has 2 heteroatoms. The van der Waals surface area contributed by atoms with E-state index in [9.17, 15) is 0 Å². The molecule has 4 aromatic rings. The summed E-state index contributed by atoms with van der Waals surface area (Å²) in [7, 11) is 0. The minimum atomic E-state index is 1.18. The maximum absolute atomic E-state index is 2.28. The van der Waals surface area contributed by atoms with Gasteiger partial charge in [-0.25, -0.2) is 0 Å². The topological polar surface area (TPSA) is 3.88 Å². The third kappa shape index (κ3) is 2.81. The molecule has 0 spiro atoms. The van der Waals surface area contributed by atoms with Gasteiger partial charge in [0.25, 0.3) is 5.01 Å². The minimum Gasteiger partial charge on any atom is -0.149 e. The number of hydrogen-bond acceptors (Lipinski definition) is 1. The van der Waals surface area contributed by atoms with Crippen LogP contribution in [0.3, 0.4) is 0 Å². The van der Waals surface area contributed by atoms with Gasteiger partial charge < -0.3 is 0 Å². The minimum absolute atomic E-state index is 1.18. The number of para-hydroxylation sites is 1. The van der Waals surface area contributed by atoms with Crippen LogP contribution in [0.25, 0.3) is 26.7 Å². The second kappa shape index (κ2) is 6.19. The summed E-state index contributed by atoms with van der Waals surface area (Å²) in [5.41, 5.74) is 3.68. The summed E-state index contributed by atoms with van der Waals surface area (Å²) >= 11 is 1.82. The Hall–Kier alpha value is -2.71. The molecule has 1 nitrogen and oxygen atoms in total. The third-order valence-corrected chi connectivity index (χ3v) is 4.97. The highest BCUT2D eigenvalue weighted by atomic mass is 32.1. The summed E-state index contributed by atoms with van der Waals surface area (Å²) in [6, 6.07) is 31.6. The lowest BCUT2D eigenvalue weighted by molar-refractivity contribution is -0.578. The van der Waals surface area contributed by atoms with E-state index in [1.54, 1.807) is 0 Å². The summed E-state index contributed by atoms with van der Waals surface area (Å²) in [5, 5.41) is 1.25. The maximum Gasteiger partial charge on any atom is 0.275 e. The maximum atomic E-state index is 2.28. The van der Waals surface area contributed by atoms with Gasteiger partial charge in [-0.05, 0) is 17.7 Å². The first kappa shape index (κ1) is 13.9. The number of hydrogen-bond donors (Lipinski definition) is 0. The van der Waals surface area contributed by atoms with E-state index in [1.165, 1.54) is 26.7 Å². The molecule has 0 amide bonds. The zero-order valence-electron chi connectivity index (χ0n) is 12.6. The smallest absolute Gasteiger partial charge is 0.149 e. The molecule has 1 aromatic heterocycles. The molecule has 0 aliphatic carbocycles. The Morgan fingerprint density at radius 1 is 0.565 bits per heavy atom. The molecule has 4 rings (SSSR count). The fourth-order valence-corrected chi connectivity index (χ4v) is 3.78. The van der Waals surface area contributed by atoms with Crippen molar-refractivity contribution in [1.82, 2.24) is 0 Å². The van der Waals surface area contributed by atoms with Crippen LogP contribution in [0.5, 0.6) is 0 Å². The highest BCUT2D eigenvalue weighted by molar-refractivity contribution is 7.17. The van der Waals surface area contributed by atoms with Crippen molar-refractivity contribution in [2.24, 2.45) is 0 Å². The van der Waals surface area contributed by atoms with Gasteiger partial charge in [-0.15, -0.1) is 4.57 Å². The van der Waals surface area contributed by atoms with Gasteiger partial charge in [0, 0.05) is 12.1 Å². The van der Waals surface area contributed by atoms with Gasteiger partial charge in [0.2, 0.25) is 5.69 Å². The Balaban J connectivity index is 1.91. The molecule has 0 N–H and O–H groups in total. The van der Waals surface area contributed by atoms with Gasteiger partial charge in [0.1, 0.15) is 4.88 Å². The van der Waals surface area contributed by atoms with Crippen LogP contribution < -0.4 is 4.57 Å². The fraction of sp³-hybridized carbons (Fsp3) is 0. The van der Waals surface area contributed by atoms with Crippen molar-refractivity contribution in [2.45, 2.75) is 0 Å². The average molecular weight is 314 g/mol. The molecule has 23 heavy (non-hydrogen) atoms. The molecule has 0 bridgehead atoms. The number of thiazole rings is 1. The van der Waals surface area contributed by atoms with E-state index in [4.69, 9.17) is 0 Å². The molecule has 3 aromatic carbocycles. The van der Waals surface area contributed by atoms with Crippen LogP contribution in [-0.4, -0.2) is 0 Å². The van der Waals surface area contributed by atoms with E-state index in [0.29, 0.717) is 0 Å². The molecule has 0 saturated carbocycles. The van der Waals surface area contributed by atoms with Crippen molar-refractivity contribution in [3.05, 3.63) is 97.2 Å². The zero-order chi connectivity index (χ0) is 15.5. The van der Waals surface area contributed by atoms with Crippen molar-refractivity contribution in [3.8, 4) is 26.7 Å². The zero-order valence-corrected chi connectivity index (χ0v) is 13.4. The molecule has 0 atom stereocenters. The first-order valence-electron chi connectivity index (χ1n) is 7.63. The second-order valence-electron chi connectivity index (χ2n) is 5.34. The lowest BCUT2D eigenvalue weighted by Crippen LogP contribution is -2.29. The normalized spacial score (nSPS) is 10.6. The molecule has 0 aliphatic rings. The van der Waals surface area contributed by atoms with Gasteiger partial charge in [-0.3, -0.25) is 0 Å². The van der Waals surface area contributed by atoms with Crippen LogP contribution in [0, 0.1) is 0 Å². The average Bonchev–Trinajstić information content (AvgIpc) is 3.09. The Bertz CT molecular complexity index is 840. The van der Waals surface area contributed by atoms with Crippen molar-refractivity contribution < 1.29 is 4.57 Å². The van der Waals surface area contributed by atoms with Gasteiger partial charge in [-0.2, -0.15) is 0 Å². The van der Waals surface area contributed by atoms with E-state index < -0.39 is 0 Å². The molecule has 110 valence electrons. The monoisotopic (exact) mass is 314 g/mol. The lowest BCUT2D eigenvalue weighted by Gasteiger charge is -1.97. The molecule has 1 heterocycles. The number of benzene rings is 3. The van der Waals surface area contributed by atoms with Crippen LogP contribution in [-0.2, 0) is 0 Å². The first-order valence-corrected chi connectivity index (χ1v) is 8.45. The predicted molar refractivity (Wildman–Crippen MR) is 96.7 cm³/mol. The molecule has 0 unspecified atom stereocenters. The van der Waals surface area contributed by atoms with E-state index in [1.807, 2.05) is 11.3 Å². The molecule has 0 fully saturated rings.